The summed E-state index contributed by atoms with van der Waals surface area (Å²) in [7, 11) is 0. The smallest absolute Gasteiger partial charge is 0.224 e. The van der Waals surface area contributed by atoms with E-state index in [1.165, 1.54) is 15.6 Å². The van der Waals surface area contributed by atoms with Gasteiger partial charge in [0.1, 0.15) is 0 Å². The van der Waals surface area contributed by atoms with Crippen LogP contribution >= 0.6 is 11.3 Å². The van der Waals surface area contributed by atoms with Crippen LogP contribution in [0.1, 0.15) is 12.0 Å². The average Bonchev–Trinajstić information content (AvgIpc) is 3.18. The molecular formula is C19H16N2OS. The number of hydrogen-bond donors (Lipinski definition) is 2. The maximum atomic E-state index is 12.3. The largest absolute Gasteiger partial charge is 0.361 e. The summed E-state index contributed by atoms with van der Waals surface area (Å²) in [5.41, 5.74) is 3.21. The molecule has 4 rings (SSSR count). The van der Waals surface area contributed by atoms with Crippen LogP contribution in [0.4, 0.5) is 5.69 Å². The zero-order valence-corrected chi connectivity index (χ0v) is 13.3. The number of fused-ring (bicyclic) bond motifs is 2. The van der Waals surface area contributed by atoms with Crippen LogP contribution in [-0.2, 0) is 11.2 Å². The maximum Gasteiger partial charge on any atom is 0.224 e. The number of hydrogen-bond acceptors (Lipinski definition) is 2. The van der Waals surface area contributed by atoms with Crippen LogP contribution in [0.3, 0.4) is 0 Å². The van der Waals surface area contributed by atoms with Crippen molar-refractivity contribution in [1.29, 1.82) is 0 Å². The molecule has 2 aromatic heterocycles. The Morgan fingerprint density at radius 2 is 1.83 bits per heavy atom. The monoisotopic (exact) mass is 320 g/mol. The van der Waals surface area contributed by atoms with Crippen LogP contribution in [0.5, 0.6) is 0 Å². The van der Waals surface area contributed by atoms with Gasteiger partial charge < -0.3 is 10.3 Å². The number of aromatic nitrogens is 1. The SMILES string of the molecule is O=C(CCc1c[nH]c2ccccc12)Nc1csc2ccccc12. The topological polar surface area (TPSA) is 44.9 Å². The maximum absolute atomic E-state index is 12.3. The third-order valence-corrected chi connectivity index (χ3v) is 5.01. The first-order valence-corrected chi connectivity index (χ1v) is 8.50. The van der Waals surface area contributed by atoms with Crippen molar-refractivity contribution in [3.05, 3.63) is 65.7 Å². The van der Waals surface area contributed by atoms with Gasteiger partial charge in [0.2, 0.25) is 5.91 Å². The lowest BCUT2D eigenvalue weighted by Crippen LogP contribution is -2.11. The van der Waals surface area contributed by atoms with Gasteiger partial charge >= 0.3 is 0 Å². The summed E-state index contributed by atoms with van der Waals surface area (Å²) >= 11 is 1.65. The van der Waals surface area contributed by atoms with Crippen molar-refractivity contribution >= 4 is 43.9 Å². The second-order valence-electron chi connectivity index (χ2n) is 5.55. The predicted octanol–water partition coefficient (Wildman–Crippen LogP) is 4.95. The van der Waals surface area contributed by atoms with E-state index in [4.69, 9.17) is 0 Å². The van der Waals surface area contributed by atoms with Gasteiger partial charge in [0.15, 0.2) is 0 Å². The van der Waals surface area contributed by atoms with E-state index in [0.717, 1.165) is 23.0 Å². The molecular weight excluding hydrogens is 304 g/mol. The second-order valence-corrected chi connectivity index (χ2v) is 6.46. The number of carbonyl (C=O) groups excluding carboxylic acids is 1. The Labute approximate surface area is 138 Å². The van der Waals surface area contributed by atoms with Crippen molar-refractivity contribution in [3.8, 4) is 0 Å². The molecule has 0 aliphatic heterocycles. The first-order valence-electron chi connectivity index (χ1n) is 7.62. The molecule has 0 spiro atoms. The molecule has 114 valence electrons. The van der Waals surface area contributed by atoms with E-state index in [1.807, 2.05) is 41.9 Å². The fraction of sp³-hybridized carbons (Fsp3) is 0.105. The average molecular weight is 320 g/mol. The highest BCUT2D eigenvalue weighted by molar-refractivity contribution is 7.17. The molecule has 0 aliphatic carbocycles. The van der Waals surface area contributed by atoms with Crippen molar-refractivity contribution in [3.63, 3.8) is 0 Å². The third kappa shape index (κ3) is 2.73. The predicted molar refractivity (Wildman–Crippen MR) is 97.1 cm³/mol. The Morgan fingerprint density at radius 1 is 1.04 bits per heavy atom. The van der Waals surface area contributed by atoms with Gasteiger partial charge in [-0.2, -0.15) is 0 Å². The standard InChI is InChI=1S/C19H16N2OS/c22-19(21-17-12-23-18-8-4-2-6-15(17)18)10-9-13-11-20-16-7-3-1-5-14(13)16/h1-8,11-12,20H,9-10H2,(H,21,22). The van der Waals surface area contributed by atoms with E-state index in [2.05, 4.69) is 28.5 Å². The number of H-pyrrole nitrogens is 1. The second kappa shape index (κ2) is 5.89. The van der Waals surface area contributed by atoms with Crippen LogP contribution < -0.4 is 5.32 Å². The zero-order valence-electron chi connectivity index (χ0n) is 12.5. The van der Waals surface area contributed by atoms with Crippen LogP contribution in [0.2, 0.25) is 0 Å². The van der Waals surface area contributed by atoms with Crippen molar-refractivity contribution in [2.75, 3.05) is 5.32 Å². The number of benzene rings is 2. The van der Waals surface area contributed by atoms with E-state index in [0.29, 0.717) is 6.42 Å². The van der Waals surface area contributed by atoms with E-state index >= 15 is 0 Å². The number of anilines is 1. The van der Waals surface area contributed by atoms with Crippen molar-refractivity contribution in [2.45, 2.75) is 12.8 Å². The van der Waals surface area contributed by atoms with Crippen molar-refractivity contribution in [1.82, 2.24) is 4.98 Å². The summed E-state index contributed by atoms with van der Waals surface area (Å²) in [6.07, 6.45) is 3.21. The number of carbonyl (C=O) groups is 1. The molecule has 4 aromatic rings. The van der Waals surface area contributed by atoms with Crippen molar-refractivity contribution < 1.29 is 4.79 Å². The highest BCUT2D eigenvalue weighted by atomic mass is 32.1. The molecule has 1 amide bonds. The van der Waals surface area contributed by atoms with E-state index < -0.39 is 0 Å². The van der Waals surface area contributed by atoms with Gasteiger partial charge in [0.25, 0.3) is 0 Å². The number of para-hydroxylation sites is 1. The van der Waals surface area contributed by atoms with Crippen LogP contribution in [0, 0.1) is 0 Å². The quantitative estimate of drug-likeness (QED) is 0.549. The minimum absolute atomic E-state index is 0.0545. The van der Waals surface area contributed by atoms with Crippen LogP contribution in [0.25, 0.3) is 21.0 Å². The molecule has 4 heteroatoms. The number of thiophene rings is 1. The lowest BCUT2D eigenvalue weighted by molar-refractivity contribution is -0.116. The minimum atomic E-state index is 0.0545. The Morgan fingerprint density at radius 3 is 2.74 bits per heavy atom. The highest BCUT2D eigenvalue weighted by Crippen LogP contribution is 2.30. The molecule has 2 N–H and O–H groups in total. The summed E-state index contributed by atoms with van der Waals surface area (Å²) < 4.78 is 1.19. The molecule has 0 saturated heterocycles. The van der Waals surface area contributed by atoms with Gasteiger partial charge in [-0.25, -0.2) is 0 Å². The highest BCUT2D eigenvalue weighted by Gasteiger charge is 2.09. The number of amides is 1. The van der Waals surface area contributed by atoms with Gasteiger partial charge in [-0.3, -0.25) is 4.79 Å². The Hall–Kier alpha value is -2.59. The van der Waals surface area contributed by atoms with E-state index in [-0.39, 0.29) is 5.91 Å². The molecule has 2 aromatic carbocycles. The zero-order chi connectivity index (χ0) is 15.6. The Balaban J connectivity index is 1.46. The number of nitrogens with one attached hydrogen (secondary N) is 2. The van der Waals surface area contributed by atoms with E-state index in [1.54, 1.807) is 11.3 Å². The van der Waals surface area contributed by atoms with Gasteiger partial charge in [-0.15, -0.1) is 11.3 Å². The first-order chi connectivity index (χ1) is 11.3. The molecule has 0 aliphatic rings. The van der Waals surface area contributed by atoms with Gasteiger partial charge in [-0.1, -0.05) is 36.4 Å². The fourth-order valence-corrected chi connectivity index (χ4v) is 3.77. The molecule has 3 nitrogen and oxygen atoms in total. The van der Waals surface area contributed by atoms with Crippen LogP contribution in [0.15, 0.2) is 60.1 Å². The summed E-state index contributed by atoms with van der Waals surface area (Å²) in [5.74, 6) is 0.0545. The molecule has 23 heavy (non-hydrogen) atoms. The number of aryl methyl sites for hydroxylation is 1. The van der Waals surface area contributed by atoms with Gasteiger partial charge in [0.05, 0.1) is 5.69 Å². The van der Waals surface area contributed by atoms with Gasteiger partial charge in [-0.05, 0) is 24.1 Å². The van der Waals surface area contributed by atoms with E-state index in [9.17, 15) is 4.79 Å². The third-order valence-electron chi connectivity index (χ3n) is 4.05. The summed E-state index contributed by atoms with van der Waals surface area (Å²) in [4.78, 5) is 15.5. The molecule has 0 radical (unpaired) electrons. The number of rotatable bonds is 4. The Kier molecular flexibility index (Phi) is 3.60. The van der Waals surface area contributed by atoms with Crippen LogP contribution in [-0.4, -0.2) is 10.9 Å². The summed E-state index contributed by atoms with van der Waals surface area (Å²) in [5, 5.41) is 7.35. The molecule has 0 bridgehead atoms. The molecule has 0 unspecified atom stereocenters. The lowest BCUT2D eigenvalue weighted by Gasteiger charge is -2.04. The summed E-state index contributed by atoms with van der Waals surface area (Å²) in [6, 6.07) is 16.3. The first kappa shape index (κ1) is 14.0. The molecule has 0 fully saturated rings. The summed E-state index contributed by atoms with van der Waals surface area (Å²) in [6.45, 7) is 0. The lowest BCUT2D eigenvalue weighted by atomic mass is 10.1. The minimum Gasteiger partial charge on any atom is -0.361 e. The van der Waals surface area contributed by atoms with Gasteiger partial charge in [0, 0.05) is 39.0 Å². The number of aromatic amines is 1. The van der Waals surface area contributed by atoms with Crippen molar-refractivity contribution in [2.24, 2.45) is 0 Å². The normalized spacial score (nSPS) is 11.1. The molecule has 0 atom stereocenters. The molecule has 0 saturated carbocycles. The molecule has 2 heterocycles. The fourth-order valence-electron chi connectivity index (χ4n) is 2.87. The Bertz CT molecular complexity index is 983.